The molecule has 0 saturated carbocycles. The Morgan fingerprint density at radius 2 is 1.57 bits per heavy atom. The lowest BCUT2D eigenvalue weighted by Crippen LogP contribution is -2.52. The van der Waals surface area contributed by atoms with Crippen molar-refractivity contribution in [3.63, 3.8) is 0 Å². The van der Waals surface area contributed by atoms with E-state index in [0.717, 1.165) is 33.9 Å². The lowest BCUT2D eigenvalue weighted by atomic mass is 9.91. The van der Waals surface area contributed by atoms with Gasteiger partial charge in [-0.05, 0) is 100 Å². The normalized spacial score (nSPS) is 15.0. The summed E-state index contributed by atoms with van der Waals surface area (Å²) in [7, 11) is 1.18. The second-order valence-electron chi connectivity index (χ2n) is 15.0. The number of fused-ring (bicyclic) bond motifs is 2. The fourth-order valence-corrected chi connectivity index (χ4v) is 7.62. The Morgan fingerprint density at radius 3 is 2.22 bits per heavy atom. The van der Waals surface area contributed by atoms with Crippen molar-refractivity contribution in [2.24, 2.45) is 0 Å². The Morgan fingerprint density at radius 1 is 0.908 bits per heavy atom. The van der Waals surface area contributed by atoms with Crippen LogP contribution in [0.2, 0.25) is 0 Å². The first kappa shape index (κ1) is 44.9. The number of anilines is 1. The van der Waals surface area contributed by atoms with Crippen molar-refractivity contribution in [2.75, 3.05) is 19.0 Å². The Balaban J connectivity index is 0.00000204. The summed E-state index contributed by atoms with van der Waals surface area (Å²) in [5.41, 5.74) is 5.99. The lowest BCUT2D eigenvalue weighted by Gasteiger charge is -2.37. The van der Waals surface area contributed by atoms with Crippen LogP contribution in [0.4, 0.5) is 18.9 Å². The number of rotatable bonds is 11. The van der Waals surface area contributed by atoms with Crippen molar-refractivity contribution in [1.29, 1.82) is 5.26 Å². The van der Waals surface area contributed by atoms with Crippen LogP contribution in [0.25, 0.3) is 11.1 Å². The average Bonchev–Trinajstić information content (AvgIpc) is 3.32. The van der Waals surface area contributed by atoms with Gasteiger partial charge < -0.3 is 34.9 Å². The molecule has 8 rings (SSSR count). The molecule has 2 aliphatic rings. The Labute approximate surface area is 371 Å². The SMILES string of the molecule is COc1ccc(COc2ccc(C3Oc4cc5c(cc4NC3=O)CC(C(=O)NCCc3ccc(-c4ccc(C#N)cc4)cc3)N(C(=O)c3ccccc3)C5)cc2)cc1C(F)(F)F.O=CO. The maximum absolute atomic E-state index is 14.0. The molecule has 0 spiro atoms. The van der Waals surface area contributed by atoms with Crippen LogP contribution >= 0.6 is 0 Å². The minimum Gasteiger partial charge on any atom is -0.496 e. The molecule has 0 fully saturated rings. The monoisotopic (exact) mass is 882 g/mol. The molecule has 0 bridgehead atoms. The lowest BCUT2D eigenvalue weighted by molar-refractivity contribution is -0.139. The largest absolute Gasteiger partial charge is 0.496 e. The van der Waals surface area contributed by atoms with Crippen molar-refractivity contribution in [3.05, 3.63) is 178 Å². The van der Waals surface area contributed by atoms with Crippen LogP contribution in [0, 0.1) is 11.3 Å². The fourth-order valence-electron chi connectivity index (χ4n) is 7.62. The molecule has 15 heteroatoms. The van der Waals surface area contributed by atoms with E-state index in [0.29, 0.717) is 52.4 Å². The highest BCUT2D eigenvalue weighted by atomic mass is 19.4. The molecule has 2 aliphatic heterocycles. The molecular formula is C50H41F3N4O8. The molecule has 6 aromatic carbocycles. The minimum absolute atomic E-state index is 0.123. The van der Waals surface area contributed by atoms with E-state index in [1.165, 1.54) is 19.2 Å². The van der Waals surface area contributed by atoms with Gasteiger partial charge in [0.1, 0.15) is 29.9 Å². The van der Waals surface area contributed by atoms with E-state index in [-0.39, 0.29) is 43.6 Å². The standard InChI is InChI=1S/C49H39F3N4O6.CH2O2/c1-60-43-20-11-32(23-40(43)49(50,51)52)29-61-39-18-16-35(17-19-39)45-47(58)55-41-24-37-25-42(56(28-38(37)26-44(41)62-45)48(59)36-5-3-2-4-6-36)46(57)54-22-21-30-7-12-33(13-8-30)34-14-9-31(27-53)10-15-34;2-1-3/h2-20,23-24,26,42,45H,21-22,25,28-29H2,1H3,(H,54,57)(H,55,58);1H,(H,2,3). The van der Waals surface area contributed by atoms with E-state index in [4.69, 9.17) is 29.4 Å². The van der Waals surface area contributed by atoms with Crippen LogP contribution in [0.3, 0.4) is 0 Å². The molecule has 3 N–H and O–H groups in total. The van der Waals surface area contributed by atoms with Gasteiger partial charge in [-0.25, -0.2) is 0 Å². The van der Waals surface area contributed by atoms with Crippen molar-refractivity contribution < 1.29 is 51.7 Å². The number of hydrogen-bond acceptors (Lipinski definition) is 8. The van der Waals surface area contributed by atoms with E-state index in [1.807, 2.05) is 42.5 Å². The van der Waals surface area contributed by atoms with Crippen LogP contribution in [0.1, 0.15) is 55.4 Å². The summed E-state index contributed by atoms with van der Waals surface area (Å²) in [4.78, 5) is 51.2. The molecule has 2 heterocycles. The number of methoxy groups -OCH3 is 1. The first-order valence-electron chi connectivity index (χ1n) is 20.3. The molecule has 330 valence electrons. The molecule has 2 unspecified atom stereocenters. The fraction of sp³-hybridized carbons (Fsp3) is 0.180. The second kappa shape index (κ2) is 19.9. The second-order valence-corrected chi connectivity index (χ2v) is 15.0. The maximum atomic E-state index is 14.0. The minimum atomic E-state index is -4.59. The third-order valence-corrected chi connectivity index (χ3v) is 10.9. The number of benzene rings is 6. The van der Waals surface area contributed by atoms with Crippen molar-refractivity contribution >= 4 is 29.9 Å². The van der Waals surface area contributed by atoms with E-state index in [2.05, 4.69) is 16.7 Å². The number of carbonyl (C=O) groups is 4. The predicted octanol–water partition coefficient (Wildman–Crippen LogP) is 8.53. The van der Waals surface area contributed by atoms with Gasteiger partial charge in [0.05, 0.1) is 30.0 Å². The maximum Gasteiger partial charge on any atom is 0.419 e. The third kappa shape index (κ3) is 10.6. The van der Waals surface area contributed by atoms with Gasteiger partial charge in [-0.1, -0.05) is 72.8 Å². The zero-order valence-electron chi connectivity index (χ0n) is 34.8. The molecular weight excluding hydrogens is 842 g/mol. The number of nitriles is 1. The molecule has 0 aliphatic carbocycles. The molecule has 2 atom stereocenters. The molecule has 6 aromatic rings. The zero-order chi connectivity index (χ0) is 46.1. The number of nitrogens with one attached hydrogen (secondary N) is 2. The van der Waals surface area contributed by atoms with Crippen molar-refractivity contribution in [1.82, 2.24) is 10.2 Å². The average molecular weight is 883 g/mol. The van der Waals surface area contributed by atoms with Crippen LogP contribution in [-0.4, -0.2) is 53.9 Å². The van der Waals surface area contributed by atoms with Crippen LogP contribution in [-0.2, 0) is 46.6 Å². The van der Waals surface area contributed by atoms with Crippen molar-refractivity contribution in [3.8, 4) is 34.4 Å². The highest BCUT2D eigenvalue weighted by molar-refractivity contribution is 6.00. The molecule has 3 amide bonds. The number of hydrogen-bond donors (Lipinski definition) is 3. The summed E-state index contributed by atoms with van der Waals surface area (Å²) in [6, 6.07) is 39.3. The Bertz CT molecular complexity index is 2720. The van der Waals surface area contributed by atoms with Gasteiger partial charge in [0.2, 0.25) is 12.0 Å². The zero-order valence-corrected chi connectivity index (χ0v) is 34.8. The topological polar surface area (TPSA) is 167 Å². The molecule has 12 nitrogen and oxygen atoms in total. The first-order chi connectivity index (χ1) is 31.4. The summed E-state index contributed by atoms with van der Waals surface area (Å²) in [6.07, 6.45) is -4.84. The first-order valence-corrected chi connectivity index (χ1v) is 20.3. The number of carbonyl (C=O) groups excluding carboxylic acids is 3. The van der Waals surface area contributed by atoms with Gasteiger partial charge in [-0.3, -0.25) is 19.2 Å². The predicted molar refractivity (Wildman–Crippen MR) is 233 cm³/mol. The quantitative estimate of drug-likeness (QED) is 0.108. The van der Waals surface area contributed by atoms with Crippen LogP contribution in [0.15, 0.2) is 133 Å². The number of nitrogens with zero attached hydrogens (tertiary/aromatic N) is 2. The molecule has 0 aromatic heterocycles. The van der Waals surface area contributed by atoms with E-state index in [9.17, 15) is 27.6 Å². The summed E-state index contributed by atoms with van der Waals surface area (Å²) in [6.45, 7) is 0.0899. The van der Waals surface area contributed by atoms with Gasteiger partial charge in [-0.2, -0.15) is 18.4 Å². The van der Waals surface area contributed by atoms with E-state index < -0.39 is 29.8 Å². The van der Waals surface area contributed by atoms with Gasteiger partial charge in [0.25, 0.3) is 18.3 Å². The summed E-state index contributed by atoms with van der Waals surface area (Å²) in [5, 5.41) is 22.0. The molecule has 65 heavy (non-hydrogen) atoms. The van der Waals surface area contributed by atoms with Crippen LogP contribution in [0.5, 0.6) is 17.2 Å². The number of carboxylic acid groups (broad SMARTS) is 1. The summed E-state index contributed by atoms with van der Waals surface area (Å²) in [5.74, 6) is -0.519. The highest BCUT2D eigenvalue weighted by Crippen LogP contribution is 2.40. The summed E-state index contributed by atoms with van der Waals surface area (Å²) < 4.78 is 57.4. The third-order valence-electron chi connectivity index (χ3n) is 10.9. The van der Waals surface area contributed by atoms with Crippen LogP contribution < -0.4 is 24.8 Å². The Kier molecular flexibility index (Phi) is 13.8. The van der Waals surface area contributed by atoms with Gasteiger partial charge in [0.15, 0.2) is 0 Å². The summed E-state index contributed by atoms with van der Waals surface area (Å²) >= 11 is 0. The van der Waals surface area contributed by atoms with E-state index in [1.54, 1.807) is 77.7 Å². The van der Waals surface area contributed by atoms with Gasteiger partial charge in [0, 0.05) is 30.6 Å². The van der Waals surface area contributed by atoms with Crippen molar-refractivity contribution in [2.45, 2.75) is 44.3 Å². The highest BCUT2D eigenvalue weighted by Gasteiger charge is 2.38. The van der Waals surface area contributed by atoms with Gasteiger partial charge >= 0.3 is 6.18 Å². The Hall–Kier alpha value is -8.12. The molecule has 0 radical (unpaired) electrons. The number of amides is 3. The number of ether oxygens (including phenoxy) is 3. The van der Waals surface area contributed by atoms with E-state index >= 15 is 0 Å². The smallest absolute Gasteiger partial charge is 0.419 e. The van der Waals surface area contributed by atoms with Gasteiger partial charge in [-0.15, -0.1) is 0 Å². The number of halogens is 3. The number of alkyl halides is 3. The molecule has 0 saturated heterocycles.